The van der Waals surface area contributed by atoms with E-state index in [0.717, 1.165) is 56.4 Å². The second kappa shape index (κ2) is 17.5. The van der Waals surface area contributed by atoms with E-state index in [2.05, 4.69) is 300 Å². The number of benzene rings is 15. The van der Waals surface area contributed by atoms with Crippen LogP contribution in [0.4, 0.5) is 0 Å². The average Bonchev–Trinajstić information content (AvgIpc) is 3.99. The predicted octanol–water partition coefficient (Wildman–Crippen LogP) is 21.4. The number of rotatable bonds is 8. The molecule has 2 heterocycles. The molecule has 2 heteroatoms. The van der Waals surface area contributed by atoms with Crippen LogP contribution < -0.4 is 0 Å². The van der Waals surface area contributed by atoms with E-state index in [1.165, 1.54) is 108 Å². The van der Waals surface area contributed by atoms with Gasteiger partial charge in [-0.05, 0) is 179 Å². The van der Waals surface area contributed by atoms with Gasteiger partial charge in [0.1, 0.15) is 0 Å². The van der Waals surface area contributed by atoms with Crippen molar-refractivity contribution in [1.29, 1.82) is 0 Å². The SMILES string of the molecule is c1ccc(-c2ccc(-c3ccccc3)n2-c2ccc3c(-c4ccc5ccc6cccc7ccc4c5c67)c4cc(-n5c(-c6ccccc6)ccc5-c5ccccc5)ccc4c(-c4ccc5ccc6cccc7ccc4c5c67)c3c2)cc1. The summed E-state index contributed by atoms with van der Waals surface area (Å²) in [5.41, 5.74) is 16.3. The number of hydrogen-bond donors (Lipinski definition) is 0. The third-order valence-electron chi connectivity index (χ3n) is 17.2. The van der Waals surface area contributed by atoms with E-state index in [9.17, 15) is 0 Å². The molecule has 0 fully saturated rings. The molecular weight excluding hydrogens is 965 g/mol. The van der Waals surface area contributed by atoms with Crippen molar-refractivity contribution in [3.05, 3.63) is 291 Å². The smallest absolute Gasteiger partial charge is 0.0535 e. The van der Waals surface area contributed by atoms with Gasteiger partial charge in [-0.25, -0.2) is 0 Å². The molecule has 17 aromatic rings. The molecule has 0 N–H and O–H groups in total. The number of hydrogen-bond acceptors (Lipinski definition) is 0. The molecule has 0 aliphatic heterocycles. The maximum absolute atomic E-state index is 2.50. The van der Waals surface area contributed by atoms with Crippen LogP contribution in [0.5, 0.6) is 0 Å². The fraction of sp³-hybridized carbons (Fsp3) is 0. The second-order valence-corrected chi connectivity index (χ2v) is 21.5. The minimum absolute atomic E-state index is 1.10. The van der Waals surface area contributed by atoms with Gasteiger partial charge in [0.2, 0.25) is 0 Å². The molecule has 0 aliphatic carbocycles. The van der Waals surface area contributed by atoms with Crippen LogP contribution in [0, 0.1) is 0 Å². The lowest BCUT2D eigenvalue weighted by Gasteiger charge is -2.24. The lowest BCUT2D eigenvalue weighted by molar-refractivity contribution is 1.10. The van der Waals surface area contributed by atoms with Crippen LogP contribution >= 0.6 is 0 Å². The Morgan fingerprint density at radius 3 is 0.812 bits per heavy atom. The van der Waals surface area contributed by atoms with Gasteiger partial charge in [0.15, 0.2) is 0 Å². The van der Waals surface area contributed by atoms with Gasteiger partial charge in [-0.2, -0.15) is 0 Å². The molecular formula is C78H48N2. The van der Waals surface area contributed by atoms with Crippen molar-refractivity contribution in [1.82, 2.24) is 9.13 Å². The Hall–Kier alpha value is -10.5. The molecule has 0 atom stereocenters. The molecule has 2 aromatic heterocycles. The summed E-state index contributed by atoms with van der Waals surface area (Å²) >= 11 is 0. The quantitative estimate of drug-likeness (QED) is 0.106. The van der Waals surface area contributed by atoms with Crippen molar-refractivity contribution in [2.75, 3.05) is 0 Å². The molecule has 0 amide bonds. The molecule has 17 rings (SSSR count). The summed E-state index contributed by atoms with van der Waals surface area (Å²) in [6, 6.07) is 109. The first kappa shape index (κ1) is 44.6. The molecule has 80 heavy (non-hydrogen) atoms. The summed E-state index contributed by atoms with van der Waals surface area (Å²) in [5, 5.41) is 20.0. The first-order valence-corrected chi connectivity index (χ1v) is 27.7. The normalized spacial score (nSPS) is 12.0. The summed E-state index contributed by atoms with van der Waals surface area (Å²) in [4.78, 5) is 0. The molecule has 0 bridgehead atoms. The van der Waals surface area contributed by atoms with Crippen LogP contribution in [0.2, 0.25) is 0 Å². The highest BCUT2D eigenvalue weighted by Crippen LogP contribution is 2.51. The minimum Gasteiger partial charge on any atom is -0.309 e. The van der Waals surface area contributed by atoms with Crippen LogP contribution in [-0.2, 0) is 0 Å². The van der Waals surface area contributed by atoms with Gasteiger partial charge in [0, 0.05) is 11.4 Å². The predicted molar refractivity (Wildman–Crippen MR) is 340 cm³/mol. The van der Waals surface area contributed by atoms with E-state index >= 15 is 0 Å². The highest BCUT2D eigenvalue weighted by atomic mass is 15.0. The molecule has 0 aliphatic rings. The van der Waals surface area contributed by atoms with E-state index in [-0.39, 0.29) is 0 Å². The maximum atomic E-state index is 2.50. The van der Waals surface area contributed by atoms with E-state index in [1.807, 2.05) is 0 Å². The van der Waals surface area contributed by atoms with Gasteiger partial charge < -0.3 is 9.13 Å². The first-order chi connectivity index (χ1) is 39.7. The minimum atomic E-state index is 1.10. The molecule has 2 nitrogen and oxygen atoms in total. The van der Waals surface area contributed by atoms with Gasteiger partial charge in [0.05, 0.1) is 22.8 Å². The summed E-state index contributed by atoms with van der Waals surface area (Å²) in [5.74, 6) is 0. The molecule has 0 saturated carbocycles. The van der Waals surface area contributed by atoms with E-state index in [0.29, 0.717) is 0 Å². The van der Waals surface area contributed by atoms with Crippen molar-refractivity contribution in [3.63, 3.8) is 0 Å². The van der Waals surface area contributed by atoms with Crippen LogP contribution in [0.15, 0.2) is 291 Å². The number of aromatic nitrogens is 2. The molecule has 0 radical (unpaired) electrons. The van der Waals surface area contributed by atoms with Gasteiger partial charge in [0.25, 0.3) is 0 Å². The fourth-order valence-corrected chi connectivity index (χ4v) is 13.7. The second-order valence-electron chi connectivity index (χ2n) is 21.5. The standard InChI is InChI=1S/C78H48N2/c1-5-15-49(16-6-1)69-43-44-70(50-17-7-2-8-18-50)79(69)59-35-41-65-67(47-59)77(63-39-33-57-29-27-53-23-13-25-55-31-37-61(63)75(57)73(53)55)66-42-36-60(80-71(51-19-9-3-10-20-51)45-46-72(80)52-21-11-4-12-22-52)48-68(66)78(65)64-40-34-58-30-28-54-24-14-26-56-32-38-62(64)76(58)74(54)56/h1-48H. The molecule has 0 unspecified atom stereocenters. The Labute approximate surface area is 462 Å². The molecule has 370 valence electrons. The third-order valence-corrected chi connectivity index (χ3v) is 17.2. The van der Waals surface area contributed by atoms with Crippen LogP contribution in [0.3, 0.4) is 0 Å². The lowest BCUT2D eigenvalue weighted by Crippen LogP contribution is -2.02. The number of nitrogens with zero attached hydrogens (tertiary/aromatic N) is 2. The summed E-state index contributed by atoms with van der Waals surface area (Å²) in [6.07, 6.45) is 0. The Morgan fingerprint density at radius 1 is 0.188 bits per heavy atom. The van der Waals surface area contributed by atoms with Crippen LogP contribution in [-0.4, -0.2) is 9.13 Å². The van der Waals surface area contributed by atoms with Crippen molar-refractivity contribution in [2.24, 2.45) is 0 Å². The van der Waals surface area contributed by atoms with E-state index in [4.69, 9.17) is 0 Å². The van der Waals surface area contributed by atoms with Gasteiger partial charge in [-0.15, -0.1) is 0 Å². The zero-order valence-corrected chi connectivity index (χ0v) is 43.6. The Morgan fingerprint density at radius 2 is 0.475 bits per heavy atom. The largest absolute Gasteiger partial charge is 0.309 e. The first-order valence-electron chi connectivity index (χ1n) is 27.7. The Kier molecular flexibility index (Phi) is 9.75. The monoisotopic (exact) mass is 1010 g/mol. The van der Waals surface area contributed by atoms with Gasteiger partial charge in [-0.3, -0.25) is 0 Å². The van der Waals surface area contributed by atoms with Crippen molar-refractivity contribution < 1.29 is 0 Å². The zero-order chi connectivity index (χ0) is 52.4. The van der Waals surface area contributed by atoms with E-state index < -0.39 is 0 Å². The number of fused-ring (bicyclic) bond motifs is 2. The highest BCUT2D eigenvalue weighted by molar-refractivity contribution is 6.32. The Balaban J connectivity index is 1.05. The summed E-state index contributed by atoms with van der Waals surface area (Å²) in [7, 11) is 0. The van der Waals surface area contributed by atoms with Crippen molar-refractivity contribution in [3.8, 4) is 78.7 Å². The van der Waals surface area contributed by atoms with Gasteiger partial charge in [-0.1, -0.05) is 243 Å². The van der Waals surface area contributed by atoms with Crippen molar-refractivity contribution >= 4 is 86.2 Å². The Bertz CT molecular complexity index is 4780. The fourth-order valence-electron chi connectivity index (χ4n) is 13.7. The lowest BCUT2D eigenvalue weighted by atomic mass is 9.81. The van der Waals surface area contributed by atoms with Gasteiger partial charge >= 0.3 is 0 Å². The molecule has 0 saturated heterocycles. The highest BCUT2D eigenvalue weighted by Gasteiger charge is 2.25. The van der Waals surface area contributed by atoms with Crippen LogP contribution in [0.25, 0.3) is 165 Å². The zero-order valence-electron chi connectivity index (χ0n) is 43.6. The topological polar surface area (TPSA) is 9.86 Å². The van der Waals surface area contributed by atoms with Crippen molar-refractivity contribution in [2.45, 2.75) is 0 Å². The average molecular weight is 1010 g/mol. The van der Waals surface area contributed by atoms with E-state index in [1.54, 1.807) is 0 Å². The molecule has 15 aromatic carbocycles. The molecule has 0 spiro atoms. The maximum Gasteiger partial charge on any atom is 0.0535 e. The summed E-state index contributed by atoms with van der Waals surface area (Å²) < 4.78 is 4.95. The summed E-state index contributed by atoms with van der Waals surface area (Å²) in [6.45, 7) is 0. The van der Waals surface area contributed by atoms with Crippen LogP contribution in [0.1, 0.15) is 0 Å². The third kappa shape index (κ3) is 6.66.